The Labute approximate surface area is 358 Å². The van der Waals surface area contributed by atoms with Crippen LogP contribution < -0.4 is 4.90 Å². The summed E-state index contributed by atoms with van der Waals surface area (Å²) in [6, 6.07) is 83.8. The standard InChI is InChI=1S/C60H43N/c1-4-18-42(19-5-1)44-32-35-48(36-33-44)61(49-37-34-43-20-10-11-21-45(43)40-49)50-38-39-52-51-26-12-13-27-53(51)60(58(52)41-50)56-30-16-14-28-54(56)59(46-22-6-2-7-23-46,47-24-8-3-9-25-47)55-29-15-17-31-57(55)60/h1-12,14-26,28-41H,13,27H2. The number of anilines is 3. The van der Waals surface area contributed by atoms with Crippen LogP contribution in [0.1, 0.15) is 57.3 Å². The molecule has 0 amide bonds. The maximum Gasteiger partial charge on any atom is 0.0708 e. The monoisotopic (exact) mass is 777 g/mol. The molecule has 1 nitrogen and oxygen atoms in total. The van der Waals surface area contributed by atoms with Crippen molar-refractivity contribution >= 4 is 33.4 Å². The van der Waals surface area contributed by atoms with Gasteiger partial charge in [-0.1, -0.05) is 200 Å². The number of nitrogens with zero attached hydrogens (tertiary/aromatic N) is 1. The molecule has 3 aliphatic carbocycles. The van der Waals surface area contributed by atoms with E-state index in [0.29, 0.717) is 0 Å². The summed E-state index contributed by atoms with van der Waals surface area (Å²) in [5.74, 6) is 0. The molecule has 0 unspecified atom stereocenters. The number of benzene rings is 9. The van der Waals surface area contributed by atoms with E-state index < -0.39 is 10.8 Å². The van der Waals surface area contributed by atoms with Crippen LogP contribution in [0.5, 0.6) is 0 Å². The lowest BCUT2D eigenvalue weighted by Crippen LogP contribution is -2.45. The second-order valence-electron chi connectivity index (χ2n) is 16.7. The first-order chi connectivity index (χ1) is 30.3. The van der Waals surface area contributed by atoms with Crippen molar-refractivity contribution in [3.8, 4) is 11.1 Å². The zero-order valence-corrected chi connectivity index (χ0v) is 33.9. The molecule has 0 aromatic heterocycles. The number of hydrogen-bond donors (Lipinski definition) is 0. The highest BCUT2D eigenvalue weighted by Crippen LogP contribution is 2.65. The zero-order chi connectivity index (χ0) is 40.4. The maximum absolute atomic E-state index is 2.54. The molecular weight excluding hydrogens is 735 g/mol. The lowest BCUT2D eigenvalue weighted by atomic mass is 9.51. The molecule has 9 aromatic rings. The number of allylic oxidation sites excluding steroid dienone is 4. The average molecular weight is 778 g/mol. The summed E-state index contributed by atoms with van der Waals surface area (Å²) < 4.78 is 0. The van der Waals surface area contributed by atoms with Crippen molar-refractivity contribution < 1.29 is 0 Å². The molecule has 0 aliphatic heterocycles. The second kappa shape index (κ2) is 14.1. The average Bonchev–Trinajstić information content (AvgIpc) is 3.63. The largest absolute Gasteiger partial charge is 0.310 e. The van der Waals surface area contributed by atoms with Crippen LogP contribution in [-0.2, 0) is 10.8 Å². The van der Waals surface area contributed by atoms with Crippen molar-refractivity contribution in [2.75, 3.05) is 4.90 Å². The van der Waals surface area contributed by atoms with Crippen LogP contribution in [0.25, 0.3) is 27.5 Å². The molecule has 1 spiro atoms. The van der Waals surface area contributed by atoms with Gasteiger partial charge in [0.2, 0.25) is 0 Å². The molecule has 12 rings (SSSR count). The van der Waals surface area contributed by atoms with Gasteiger partial charge in [0.1, 0.15) is 0 Å². The first-order valence-corrected chi connectivity index (χ1v) is 21.6. The van der Waals surface area contributed by atoms with Crippen LogP contribution in [0, 0.1) is 0 Å². The Bertz CT molecular complexity index is 3080. The van der Waals surface area contributed by atoms with E-state index in [9.17, 15) is 0 Å². The number of fused-ring (bicyclic) bond motifs is 9. The van der Waals surface area contributed by atoms with E-state index in [2.05, 4.69) is 242 Å². The Hall–Kier alpha value is -7.48. The predicted molar refractivity (Wildman–Crippen MR) is 254 cm³/mol. The molecule has 1 heteroatoms. The summed E-state index contributed by atoms with van der Waals surface area (Å²) in [4.78, 5) is 2.46. The molecule has 61 heavy (non-hydrogen) atoms. The van der Waals surface area contributed by atoms with Crippen molar-refractivity contribution in [3.05, 3.63) is 287 Å². The number of rotatable bonds is 6. The Morgan fingerprint density at radius 2 is 0.852 bits per heavy atom. The van der Waals surface area contributed by atoms with Gasteiger partial charge in [0.25, 0.3) is 0 Å². The fourth-order valence-corrected chi connectivity index (χ4v) is 11.2. The second-order valence-corrected chi connectivity index (χ2v) is 16.7. The van der Waals surface area contributed by atoms with E-state index in [1.54, 1.807) is 0 Å². The summed E-state index contributed by atoms with van der Waals surface area (Å²) in [7, 11) is 0. The van der Waals surface area contributed by atoms with Crippen LogP contribution in [-0.4, -0.2) is 0 Å². The molecule has 9 aromatic carbocycles. The van der Waals surface area contributed by atoms with Gasteiger partial charge in [0.05, 0.1) is 10.8 Å². The first kappa shape index (κ1) is 35.5. The first-order valence-electron chi connectivity index (χ1n) is 21.6. The van der Waals surface area contributed by atoms with E-state index in [0.717, 1.165) is 29.9 Å². The molecule has 0 radical (unpaired) electrons. The van der Waals surface area contributed by atoms with E-state index in [1.807, 2.05) is 0 Å². The summed E-state index contributed by atoms with van der Waals surface area (Å²) in [6.45, 7) is 0. The van der Waals surface area contributed by atoms with Crippen LogP contribution in [0.3, 0.4) is 0 Å². The van der Waals surface area contributed by atoms with Gasteiger partial charge in [-0.2, -0.15) is 0 Å². The molecule has 0 atom stereocenters. The topological polar surface area (TPSA) is 3.24 Å². The van der Waals surface area contributed by atoms with Gasteiger partial charge in [0, 0.05) is 17.1 Å². The van der Waals surface area contributed by atoms with E-state index >= 15 is 0 Å². The third-order valence-electron chi connectivity index (χ3n) is 13.7. The molecule has 3 aliphatic rings. The van der Waals surface area contributed by atoms with Crippen molar-refractivity contribution in [1.82, 2.24) is 0 Å². The highest BCUT2D eigenvalue weighted by molar-refractivity contribution is 5.95. The minimum Gasteiger partial charge on any atom is -0.310 e. The zero-order valence-electron chi connectivity index (χ0n) is 33.9. The van der Waals surface area contributed by atoms with E-state index in [1.165, 1.54) is 77.6 Å². The fraction of sp³-hybridized carbons (Fsp3) is 0.0667. The molecule has 0 N–H and O–H groups in total. The van der Waals surface area contributed by atoms with Crippen molar-refractivity contribution in [3.63, 3.8) is 0 Å². The summed E-state index contributed by atoms with van der Waals surface area (Å²) in [5, 5.41) is 2.46. The van der Waals surface area contributed by atoms with Crippen molar-refractivity contribution in [2.45, 2.75) is 23.7 Å². The maximum atomic E-state index is 2.54. The minimum absolute atomic E-state index is 0.502. The lowest BCUT2D eigenvalue weighted by Gasteiger charge is -2.50. The lowest BCUT2D eigenvalue weighted by molar-refractivity contribution is 0.599. The van der Waals surface area contributed by atoms with Gasteiger partial charge in [-0.3, -0.25) is 0 Å². The van der Waals surface area contributed by atoms with Gasteiger partial charge in [-0.05, 0) is 127 Å². The molecule has 0 saturated heterocycles. The molecule has 0 heterocycles. The van der Waals surface area contributed by atoms with E-state index in [4.69, 9.17) is 0 Å². The Kier molecular flexibility index (Phi) is 8.18. The predicted octanol–water partition coefficient (Wildman–Crippen LogP) is 15.1. The quantitative estimate of drug-likeness (QED) is 0.163. The van der Waals surface area contributed by atoms with Crippen molar-refractivity contribution in [1.29, 1.82) is 0 Å². The number of hydrogen-bond acceptors (Lipinski definition) is 1. The van der Waals surface area contributed by atoms with Crippen LogP contribution in [0.2, 0.25) is 0 Å². The molecule has 0 saturated carbocycles. The molecule has 0 fully saturated rings. The Morgan fingerprint density at radius 3 is 1.49 bits per heavy atom. The summed E-state index contributed by atoms with van der Waals surface area (Å²) in [6.07, 6.45) is 6.81. The van der Waals surface area contributed by atoms with Gasteiger partial charge >= 0.3 is 0 Å². The highest BCUT2D eigenvalue weighted by Gasteiger charge is 2.57. The van der Waals surface area contributed by atoms with Gasteiger partial charge in [-0.15, -0.1) is 0 Å². The van der Waals surface area contributed by atoms with Gasteiger partial charge < -0.3 is 4.90 Å². The van der Waals surface area contributed by atoms with E-state index in [-0.39, 0.29) is 0 Å². The SMILES string of the molecule is C1=CC2=C(CC1)C1(c3cc(N(c4ccc(-c5ccccc5)cc4)c4ccc5ccccc5c4)ccc32)c2ccccc2C(c2ccccc2)(c2ccccc2)c2ccccc21. The third-order valence-corrected chi connectivity index (χ3v) is 13.7. The fourth-order valence-electron chi connectivity index (χ4n) is 11.2. The van der Waals surface area contributed by atoms with Gasteiger partial charge in [-0.25, -0.2) is 0 Å². The van der Waals surface area contributed by atoms with Crippen LogP contribution >= 0.6 is 0 Å². The molecular formula is C60H43N. The summed E-state index contributed by atoms with van der Waals surface area (Å²) in [5.41, 5.74) is 18.3. The Balaban J connectivity index is 1.14. The third kappa shape index (κ3) is 5.20. The minimum atomic E-state index is -0.524. The molecule has 288 valence electrons. The molecule has 0 bridgehead atoms. The normalized spacial score (nSPS) is 15.2. The smallest absolute Gasteiger partial charge is 0.0708 e. The highest BCUT2D eigenvalue weighted by atomic mass is 15.1. The van der Waals surface area contributed by atoms with Crippen LogP contribution in [0.4, 0.5) is 17.1 Å². The Morgan fingerprint density at radius 1 is 0.361 bits per heavy atom. The summed E-state index contributed by atoms with van der Waals surface area (Å²) >= 11 is 0. The van der Waals surface area contributed by atoms with Crippen molar-refractivity contribution in [2.24, 2.45) is 0 Å². The van der Waals surface area contributed by atoms with Gasteiger partial charge in [0.15, 0.2) is 0 Å². The van der Waals surface area contributed by atoms with Crippen LogP contribution in [0.15, 0.2) is 242 Å².